The van der Waals surface area contributed by atoms with E-state index in [1.54, 1.807) is 0 Å². The lowest BCUT2D eigenvalue weighted by molar-refractivity contribution is 0.201. The average molecular weight is 264 g/mol. The molecule has 0 saturated heterocycles. The van der Waals surface area contributed by atoms with Crippen LogP contribution in [0.15, 0.2) is 66.7 Å². The van der Waals surface area contributed by atoms with E-state index in [0.29, 0.717) is 6.61 Å². The molecule has 2 heteroatoms. The molecule has 0 unspecified atom stereocenters. The second-order valence-electron chi connectivity index (χ2n) is 4.62. The number of hydrogen-bond acceptors (Lipinski definition) is 2. The van der Waals surface area contributed by atoms with Crippen LogP contribution in [0.25, 0.3) is 21.9 Å². The number of ether oxygens (including phenoxy) is 1. The standard InChI is InChI=1S/C18H16O2/c19-12-13-20-16-10-8-15(9-11-16)18-7-3-5-14-4-1-2-6-17(14)18/h1-11,19H,12-13H2. The molecule has 0 aromatic heterocycles. The van der Waals surface area contributed by atoms with Gasteiger partial charge in [0.2, 0.25) is 0 Å². The van der Waals surface area contributed by atoms with E-state index >= 15 is 0 Å². The van der Waals surface area contributed by atoms with E-state index in [4.69, 9.17) is 9.84 Å². The lowest BCUT2D eigenvalue weighted by Crippen LogP contribution is -2.01. The van der Waals surface area contributed by atoms with Crippen LogP contribution in [0.3, 0.4) is 0 Å². The lowest BCUT2D eigenvalue weighted by Gasteiger charge is -2.08. The molecule has 0 aliphatic rings. The van der Waals surface area contributed by atoms with Crippen molar-refractivity contribution in [3.63, 3.8) is 0 Å². The monoisotopic (exact) mass is 264 g/mol. The molecule has 0 saturated carbocycles. The van der Waals surface area contributed by atoms with Crippen LogP contribution in [0.1, 0.15) is 0 Å². The molecular weight excluding hydrogens is 248 g/mol. The van der Waals surface area contributed by atoms with Crippen LogP contribution in [0.2, 0.25) is 0 Å². The van der Waals surface area contributed by atoms with Crippen molar-refractivity contribution in [2.24, 2.45) is 0 Å². The van der Waals surface area contributed by atoms with E-state index in [1.807, 2.05) is 12.1 Å². The molecule has 3 rings (SSSR count). The van der Waals surface area contributed by atoms with Crippen molar-refractivity contribution in [1.29, 1.82) is 0 Å². The number of aliphatic hydroxyl groups is 1. The molecular formula is C18H16O2. The zero-order valence-electron chi connectivity index (χ0n) is 11.1. The number of rotatable bonds is 4. The Balaban J connectivity index is 1.98. The molecule has 0 aliphatic carbocycles. The van der Waals surface area contributed by atoms with Crippen LogP contribution in [-0.2, 0) is 0 Å². The molecule has 20 heavy (non-hydrogen) atoms. The van der Waals surface area contributed by atoms with Crippen molar-refractivity contribution < 1.29 is 9.84 Å². The van der Waals surface area contributed by atoms with Gasteiger partial charge in [-0.05, 0) is 34.0 Å². The molecule has 0 bridgehead atoms. The Morgan fingerprint density at radius 3 is 2.35 bits per heavy atom. The van der Waals surface area contributed by atoms with Gasteiger partial charge in [0.1, 0.15) is 12.4 Å². The predicted octanol–water partition coefficient (Wildman–Crippen LogP) is 3.88. The largest absolute Gasteiger partial charge is 0.491 e. The first kappa shape index (κ1) is 12.7. The number of benzene rings is 3. The molecule has 100 valence electrons. The summed E-state index contributed by atoms with van der Waals surface area (Å²) in [4.78, 5) is 0. The maximum atomic E-state index is 8.75. The van der Waals surface area contributed by atoms with Crippen LogP contribution >= 0.6 is 0 Å². The Morgan fingerprint density at radius 2 is 1.55 bits per heavy atom. The minimum absolute atomic E-state index is 0.0328. The van der Waals surface area contributed by atoms with Gasteiger partial charge >= 0.3 is 0 Å². The van der Waals surface area contributed by atoms with Gasteiger partial charge in [-0.15, -0.1) is 0 Å². The smallest absolute Gasteiger partial charge is 0.119 e. The van der Waals surface area contributed by atoms with Crippen LogP contribution in [0.4, 0.5) is 0 Å². The van der Waals surface area contributed by atoms with Gasteiger partial charge in [0.15, 0.2) is 0 Å². The molecule has 0 atom stereocenters. The van der Waals surface area contributed by atoms with E-state index in [-0.39, 0.29) is 6.61 Å². The Hall–Kier alpha value is -2.32. The second kappa shape index (κ2) is 5.76. The number of hydrogen-bond donors (Lipinski definition) is 1. The second-order valence-corrected chi connectivity index (χ2v) is 4.62. The number of fused-ring (bicyclic) bond motifs is 1. The maximum Gasteiger partial charge on any atom is 0.119 e. The molecule has 3 aromatic carbocycles. The van der Waals surface area contributed by atoms with Gasteiger partial charge in [0.25, 0.3) is 0 Å². The summed E-state index contributed by atoms with van der Waals surface area (Å²) in [5.74, 6) is 0.781. The van der Waals surface area contributed by atoms with E-state index in [2.05, 4.69) is 54.6 Å². The van der Waals surface area contributed by atoms with E-state index in [1.165, 1.54) is 16.3 Å². The van der Waals surface area contributed by atoms with Crippen LogP contribution < -0.4 is 4.74 Å². The highest BCUT2D eigenvalue weighted by Gasteiger charge is 2.03. The summed E-state index contributed by atoms with van der Waals surface area (Å²) >= 11 is 0. The summed E-state index contributed by atoms with van der Waals surface area (Å²) in [7, 11) is 0. The highest BCUT2D eigenvalue weighted by atomic mass is 16.5. The van der Waals surface area contributed by atoms with Gasteiger partial charge in [-0.3, -0.25) is 0 Å². The first-order valence-electron chi connectivity index (χ1n) is 6.70. The van der Waals surface area contributed by atoms with Gasteiger partial charge in [-0.2, -0.15) is 0 Å². The van der Waals surface area contributed by atoms with Crippen LogP contribution in [-0.4, -0.2) is 18.3 Å². The normalized spacial score (nSPS) is 10.7. The quantitative estimate of drug-likeness (QED) is 0.775. The molecule has 0 amide bonds. The summed E-state index contributed by atoms with van der Waals surface area (Å²) in [6, 6.07) is 22.7. The van der Waals surface area contributed by atoms with Gasteiger partial charge in [0.05, 0.1) is 6.61 Å². The van der Waals surface area contributed by atoms with Crippen molar-refractivity contribution in [1.82, 2.24) is 0 Å². The van der Waals surface area contributed by atoms with Gasteiger partial charge < -0.3 is 9.84 Å². The van der Waals surface area contributed by atoms with Gasteiger partial charge in [-0.1, -0.05) is 54.6 Å². The molecule has 0 aliphatic heterocycles. The molecule has 1 N–H and O–H groups in total. The third kappa shape index (κ3) is 2.51. The first-order valence-corrected chi connectivity index (χ1v) is 6.70. The highest BCUT2D eigenvalue weighted by molar-refractivity contribution is 5.96. The van der Waals surface area contributed by atoms with Crippen LogP contribution in [0.5, 0.6) is 5.75 Å². The van der Waals surface area contributed by atoms with E-state index in [9.17, 15) is 0 Å². The fourth-order valence-corrected chi connectivity index (χ4v) is 2.37. The summed E-state index contributed by atoms with van der Waals surface area (Å²) in [5.41, 5.74) is 2.38. The van der Waals surface area contributed by atoms with E-state index in [0.717, 1.165) is 11.3 Å². The van der Waals surface area contributed by atoms with Crippen LogP contribution in [0, 0.1) is 0 Å². The van der Waals surface area contributed by atoms with Gasteiger partial charge in [0, 0.05) is 0 Å². The third-order valence-electron chi connectivity index (χ3n) is 3.31. The van der Waals surface area contributed by atoms with Crippen molar-refractivity contribution >= 4 is 10.8 Å². The molecule has 0 radical (unpaired) electrons. The summed E-state index contributed by atoms with van der Waals surface area (Å²) in [5, 5.41) is 11.2. The summed E-state index contributed by atoms with van der Waals surface area (Å²) in [6.45, 7) is 0.360. The highest BCUT2D eigenvalue weighted by Crippen LogP contribution is 2.29. The minimum atomic E-state index is 0.0328. The summed E-state index contributed by atoms with van der Waals surface area (Å²) in [6.07, 6.45) is 0. The predicted molar refractivity (Wildman–Crippen MR) is 82.0 cm³/mol. The molecule has 2 nitrogen and oxygen atoms in total. The third-order valence-corrected chi connectivity index (χ3v) is 3.31. The SMILES string of the molecule is OCCOc1ccc(-c2cccc3ccccc23)cc1. The Bertz CT molecular complexity index is 697. The van der Waals surface area contributed by atoms with Crippen molar-refractivity contribution in [3.05, 3.63) is 66.7 Å². The fraction of sp³-hybridized carbons (Fsp3) is 0.111. The Kier molecular flexibility index (Phi) is 3.66. The van der Waals surface area contributed by atoms with Crippen molar-refractivity contribution in [2.45, 2.75) is 0 Å². The van der Waals surface area contributed by atoms with Crippen molar-refractivity contribution in [3.8, 4) is 16.9 Å². The van der Waals surface area contributed by atoms with Gasteiger partial charge in [-0.25, -0.2) is 0 Å². The molecule has 0 spiro atoms. The molecule has 0 heterocycles. The minimum Gasteiger partial charge on any atom is -0.491 e. The topological polar surface area (TPSA) is 29.5 Å². The Morgan fingerprint density at radius 1 is 0.800 bits per heavy atom. The average Bonchev–Trinajstić information content (AvgIpc) is 2.53. The molecule has 0 fully saturated rings. The lowest BCUT2D eigenvalue weighted by atomic mass is 9.98. The van der Waals surface area contributed by atoms with Crippen molar-refractivity contribution in [2.75, 3.05) is 13.2 Å². The number of aliphatic hydroxyl groups excluding tert-OH is 1. The maximum absolute atomic E-state index is 8.75. The zero-order chi connectivity index (χ0) is 13.8. The summed E-state index contributed by atoms with van der Waals surface area (Å²) < 4.78 is 5.38. The Labute approximate surface area is 118 Å². The zero-order valence-corrected chi connectivity index (χ0v) is 11.1. The molecule has 3 aromatic rings. The fourth-order valence-electron chi connectivity index (χ4n) is 2.37. The van der Waals surface area contributed by atoms with E-state index < -0.39 is 0 Å². The first-order chi connectivity index (χ1) is 9.88.